The summed E-state index contributed by atoms with van der Waals surface area (Å²) in [5.74, 6) is -7.07. The van der Waals surface area contributed by atoms with Crippen LogP contribution in [-0.4, -0.2) is 183 Å². The molecule has 20 heteroatoms. The van der Waals surface area contributed by atoms with Crippen LogP contribution in [-0.2, 0) is 76.1 Å². The molecule has 432 valence electrons. The van der Waals surface area contributed by atoms with E-state index >= 15 is 9.59 Å². The molecule has 0 unspecified atom stereocenters. The summed E-state index contributed by atoms with van der Waals surface area (Å²) < 4.78 is 70.1. The molecule has 1 aliphatic carbocycles. The van der Waals surface area contributed by atoms with Crippen LogP contribution in [0.5, 0.6) is 0 Å². The third kappa shape index (κ3) is 16.4. The molecule has 0 amide bonds. The Bertz CT molecular complexity index is 1890. The molecular weight excluding hydrogens is 977 g/mol. The number of aliphatic hydroxyl groups is 2. The highest BCUT2D eigenvalue weighted by Gasteiger charge is 2.52. The highest BCUT2D eigenvalue weighted by atomic mass is 16.7. The summed E-state index contributed by atoms with van der Waals surface area (Å²) in [5, 5.41) is 26.7. The average molecular weight is 1070 g/mol. The number of ketones is 1. The molecule has 0 radical (unpaired) electrons. The van der Waals surface area contributed by atoms with Gasteiger partial charge in [0, 0.05) is 77.3 Å². The summed E-state index contributed by atoms with van der Waals surface area (Å²) in [7, 11) is 4.31. The van der Waals surface area contributed by atoms with E-state index in [2.05, 4.69) is 17.0 Å². The van der Waals surface area contributed by atoms with E-state index < -0.39 is 145 Å². The number of carbonyl (C=O) groups excluding carboxylic acids is 4. The summed E-state index contributed by atoms with van der Waals surface area (Å²) in [6.07, 6.45) is -9.66. The van der Waals surface area contributed by atoms with Crippen LogP contribution in [0.2, 0.25) is 0 Å². The van der Waals surface area contributed by atoms with Crippen molar-refractivity contribution in [1.82, 2.24) is 4.90 Å². The van der Waals surface area contributed by atoms with Crippen molar-refractivity contribution in [2.24, 2.45) is 52.5 Å². The van der Waals surface area contributed by atoms with E-state index in [-0.39, 0.29) is 43.9 Å². The van der Waals surface area contributed by atoms with E-state index in [1.807, 2.05) is 48.5 Å². The van der Waals surface area contributed by atoms with Gasteiger partial charge in [0.25, 0.3) is 0 Å². The van der Waals surface area contributed by atoms with Crippen LogP contribution in [0.4, 0.5) is 0 Å². The van der Waals surface area contributed by atoms with E-state index in [9.17, 15) is 19.8 Å². The number of oxime groups is 1. The van der Waals surface area contributed by atoms with Gasteiger partial charge in [0.15, 0.2) is 30.3 Å². The van der Waals surface area contributed by atoms with Gasteiger partial charge >= 0.3 is 17.9 Å². The average Bonchev–Trinajstić information content (AvgIpc) is 4.17. The Hall–Kier alpha value is -2.89. The molecule has 1 saturated carbocycles. The normalized spacial score (nSPS) is 42.1. The van der Waals surface area contributed by atoms with Gasteiger partial charge in [-0.2, -0.15) is 0 Å². The number of methoxy groups -OCH3 is 2. The Morgan fingerprint density at radius 2 is 1.48 bits per heavy atom. The predicted molar refractivity (Wildman–Crippen MR) is 274 cm³/mol. The monoisotopic (exact) mass is 1070 g/mol. The number of Topliss-reactive ketones (excluding diaryl/α,β-unsaturated/α-hetero) is 1. The molecule has 0 spiro atoms. The first-order valence-electron chi connectivity index (χ1n) is 27.5. The van der Waals surface area contributed by atoms with Gasteiger partial charge < -0.3 is 67.2 Å². The maximum atomic E-state index is 15.5. The molecule has 22 atom stereocenters. The van der Waals surface area contributed by atoms with Gasteiger partial charge in [-0.3, -0.25) is 24.1 Å². The molecule has 0 bridgehead atoms. The first kappa shape index (κ1) is 62.9. The first-order valence-corrected chi connectivity index (χ1v) is 27.5. The van der Waals surface area contributed by atoms with Crippen LogP contribution in [0.3, 0.4) is 0 Å². The fourth-order valence-electron chi connectivity index (χ4n) is 11.9. The number of ether oxygens (including phenoxy) is 11. The molecule has 4 saturated heterocycles. The topological polar surface area (TPSA) is 235 Å². The molecule has 5 fully saturated rings. The summed E-state index contributed by atoms with van der Waals surface area (Å²) in [5.41, 5.74) is -1.53. The van der Waals surface area contributed by atoms with Crippen LogP contribution in [0.25, 0.3) is 0 Å². The molecule has 4 heterocycles. The van der Waals surface area contributed by atoms with E-state index in [1.54, 1.807) is 34.6 Å². The molecular formula is C55H94N2O18. The van der Waals surface area contributed by atoms with Crippen molar-refractivity contribution < 1.29 is 86.3 Å². The largest absolute Gasteiger partial charge is 0.461 e. The molecule has 75 heavy (non-hydrogen) atoms. The number of esters is 3. The Morgan fingerprint density at radius 1 is 0.813 bits per heavy atom. The third-order valence-electron chi connectivity index (χ3n) is 16.0. The Balaban J connectivity index is 1.66. The van der Waals surface area contributed by atoms with Crippen molar-refractivity contribution in [3.05, 3.63) is 0 Å². The molecule has 0 aromatic carbocycles. The van der Waals surface area contributed by atoms with Gasteiger partial charge in [-0.1, -0.05) is 53.6 Å². The molecule has 5 rings (SSSR count). The van der Waals surface area contributed by atoms with Crippen LogP contribution in [0.15, 0.2) is 5.16 Å². The second-order valence-corrected chi connectivity index (χ2v) is 23.3. The van der Waals surface area contributed by atoms with Crippen molar-refractivity contribution in [3.63, 3.8) is 0 Å². The maximum Gasteiger partial charge on any atom is 0.311 e. The smallest absolute Gasteiger partial charge is 0.311 e. The van der Waals surface area contributed by atoms with E-state index in [1.165, 1.54) is 41.1 Å². The zero-order valence-corrected chi connectivity index (χ0v) is 48.0. The minimum Gasteiger partial charge on any atom is -0.461 e. The second-order valence-electron chi connectivity index (χ2n) is 23.3. The SMILES string of the molecule is CO/N=C1\C[C@@H](C)O[C@@H](O[C@@H]2[C@@H](C)[C@H](O[C@H]3C[C@@H](C)N(CC4CC4)C[C@H](C)O3)[C@@H](C)C(=O)O[C@H]([C@@H](C)CO[C@@H]3O[C@H](C)[C@@H](O)[C@@H](OC)[C@H]3OC)[C@H](C)[C@@H](OC(=O)CC(C)C)[C@@H](C)C(=O)[C@@](C)(OC(C)=O)C[C@@H]2C)[C@@H]1O. The number of carbonyl (C=O) groups is 4. The zero-order valence-electron chi connectivity index (χ0n) is 48.0. The lowest BCUT2D eigenvalue weighted by Crippen LogP contribution is -2.59. The third-order valence-corrected chi connectivity index (χ3v) is 16.0. The molecule has 20 nitrogen and oxygen atoms in total. The Labute approximate surface area is 446 Å². The summed E-state index contributed by atoms with van der Waals surface area (Å²) in [4.78, 5) is 65.4. The van der Waals surface area contributed by atoms with E-state index in [0.717, 1.165) is 6.54 Å². The Kier molecular flexibility index (Phi) is 23.3. The fraction of sp³-hybridized carbons (Fsp3) is 0.909. The van der Waals surface area contributed by atoms with Gasteiger partial charge in [0.05, 0.1) is 54.7 Å². The van der Waals surface area contributed by atoms with Crippen molar-refractivity contribution in [1.29, 1.82) is 0 Å². The van der Waals surface area contributed by atoms with Gasteiger partial charge in [0.1, 0.15) is 43.7 Å². The lowest BCUT2D eigenvalue weighted by Gasteiger charge is -2.45. The highest BCUT2D eigenvalue weighted by molar-refractivity contribution is 5.91. The van der Waals surface area contributed by atoms with Crippen molar-refractivity contribution >= 4 is 29.4 Å². The first-order chi connectivity index (χ1) is 35.2. The summed E-state index contributed by atoms with van der Waals surface area (Å²) in [6.45, 7) is 26.4. The predicted octanol–water partition coefficient (Wildman–Crippen LogP) is 5.62. The number of nitrogens with zero attached hydrogens (tertiary/aromatic N) is 2. The number of rotatable bonds is 17. The fourth-order valence-corrected chi connectivity index (χ4v) is 11.9. The standard InChI is InChI=1S/C55H94N2O18/c1-27(2)20-41(59)71-47-34(9)46(29(4)26-67-54-50(65-16)49(64-15)43(60)37(12)70-54)73-52(63)36(11)48(72-42-21-30(5)57(24-32(7)68-42)25-39-18-19-39)33(8)45(74-53-44(61)40(56-66-17)22-31(6)69-53)28(3)23-55(14,75-38(13)58)51(62)35(47)10/h27-37,39,42-50,53-54,60-61H,18-26H2,1-17H3/b56-40+/t28-,29-,30+,31+,32-,33+,34-,35+,36+,37+,42-,43+,44+,45-,46+,47+,48-,49+,50+,53-,54+,55-/m0/s1. The molecule has 0 aromatic heterocycles. The number of cyclic esters (lactones) is 1. The minimum atomic E-state index is -1.84. The zero-order chi connectivity index (χ0) is 55.8. The minimum absolute atomic E-state index is 0.0317. The number of aliphatic hydroxyl groups excluding tert-OH is 2. The van der Waals surface area contributed by atoms with Crippen LogP contribution in [0.1, 0.15) is 135 Å². The van der Waals surface area contributed by atoms with Crippen LogP contribution in [0, 0.1) is 47.3 Å². The highest BCUT2D eigenvalue weighted by Crippen LogP contribution is 2.41. The molecule has 0 aromatic rings. The van der Waals surface area contributed by atoms with Crippen molar-refractivity contribution in [2.75, 3.05) is 41.0 Å². The van der Waals surface area contributed by atoms with Crippen LogP contribution < -0.4 is 0 Å². The second kappa shape index (κ2) is 27.8. The van der Waals surface area contributed by atoms with Gasteiger partial charge in [-0.15, -0.1) is 0 Å². The van der Waals surface area contributed by atoms with E-state index in [4.69, 9.17) is 56.9 Å². The Morgan fingerprint density at radius 3 is 2.08 bits per heavy atom. The van der Waals surface area contributed by atoms with Crippen molar-refractivity contribution in [3.8, 4) is 0 Å². The number of hydrogen-bond acceptors (Lipinski definition) is 20. The lowest BCUT2D eigenvalue weighted by molar-refractivity contribution is -0.305. The van der Waals surface area contributed by atoms with Gasteiger partial charge in [0.2, 0.25) is 0 Å². The number of hydrogen-bond donors (Lipinski definition) is 2. The maximum absolute atomic E-state index is 15.5. The van der Waals surface area contributed by atoms with Crippen molar-refractivity contribution in [2.45, 2.75) is 233 Å². The summed E-state index contributed by atoms with van der Waals surface area (Å²) in [6, 6.07) is 0.0727. The van der Waals surface area contributed by atoms with E-state index in [0.29, 0.717) is 24.6 Å². The molecule has 2 N–H and O–H groups in total. The quantitative estimate of drug-likeness (QED) is 0.102. The van der Waals surface area contributed by atoms with Gasteiger partial charge in [-0.05, 0) is 78.6 Å². The lowest BCUT2D eigenvalue weighted by atomic mass is 9.74. The summed E-state index contributed by atoms with van der Waals surface area (Å²) >= 11 is 0. The molecule has 4 aliphatic heterocycles. The van der Waals surface area contributed by atoms with Gasteiger partial charge in [-0.25, -0.2) is 0 Å². The van der Waals surface area contributed by atoms with Crippen LogP contribution >= 0.6 is 0 Å². The molecule has 5 aliphatic rings.